The van der Waals surface area contributed by atoms with Crippen molar-refractivity contribution in [2.45, 2.75) is 78.8 Å². The van der Waals surface area contributed by atoms with Crippen molar-refractivity contribution < 1.29 is 0 Å². The van der Waals surface area contributed by atoms with E-state index in [0.29, 0.717) is 11.5 Å². The molecule has 1 rings (SSSR count). The summed E-state index contributed by atoms with van der Waals surface area (Å²) >= 11 is 0. The maximum Gasteiger partial charge on any atom is 0.00699 e. The molecular formula is C14H29N. The van der Waals surface area contributed by atoms with Gasteiger partial charge in [-0.1, -0.05) is 27.7 Å². The summed E-state index contributed by atoms with van der Waals surface area (Å²) in [5.74, 6) is 0.813. The van der Waals surface area contributed by atoms with E-state index in [1.54, 1.807) is 0 Å². The number of rotatable bonds is 4. The Kier molecular flexibility index (Phi) is 4.64. The lowest BCUT2D eigenvalue weighted by molar-refractivity contribution is 0.196. The summed E-state index contributed by atoms with van der Waals surface area (Å²) < 4.78 is 0. The quantitative estimate of drug-likeness (QED) is 0.741. The lowest BCUT2D eigenvalue weighted by Gasteiger charge is -2.36. The van der Waals surface area contributed by atoms with E-state index in [1.807, 2.05) is 0 Å². The average Bonchev–Trinajstić information content (AvgIpc) is 2.07. The third-order valence-electron chi connectivity index (χ3n) is 3.68. The van der Waals surface area contributed by atoms with Gasteiger partial charge in [0, 0.05) is 12.1 Å². The molecule has 1 saturated carbocycles. The van der Waals surface area contributed by atoms with Gasteiger partial charge in [0.15, 0.2) is 0 Å². The van der Waals surface area contributed by atoms with Crippen LogP contribution in [-0.2, 0) is 0 Å². The first-order valence-electron chi connectivity index (χ1n) is 6.65. The van der Waals surface area contributed by atoms with E-state index < -0.39 is 0 Å². The Morgan fingerprint density at radius 2 is 1.67 bits per heavy atom. The van der Waals surface area contributed by atoms with Gasteiger partial charge in [0.1, 0.15) is 0 Å². The van der Waals surface area contributed by atoms with Crippen LogP contribution in [0.4, 0.5) is 0 Å². The van der Waals surface area contributed by atoms with Crippen molar-refractivity contribution in [3.05, 3.63) is 0 Å². The molecule has 1 N–H and O–H groups in total. The van der Waals surface area contributed by atoms with Crippen molar-refractivity contribution in [2.75, 3.05) is 0 Å². The molecule has 0 aliphatic heterocycles. The Bertz CT molecular complexity index is 174. The summed E-state index contributed by atoms with van der Waals surface area (Å²) in [7, 11) is 0. The van der Waals surface area contributed by atoms with Crippen molar-refractivity contribution in [1.29, 1.82) is 0 Å². The zero-order chi connectivity index (χ0) is 11.5. The van der Waals surface area contributed by atoms with Crippen molar-refractivity contribution in [2.24, 2.45) is 11.3 Å². The molecule has 1 heteroatoms. The minimum Gasteiger partial charge on any atom is -0.311 e. The van der Waals surface area contributed by atoms with Gasteiger partial charge in [0.25, 0.3) is 0 Å². The van der Waals surface area contributed by atoms with Gasteiger partial charge < -0.3 is 5.32 Å². The van der Waals surface area contributed by atoms with Crippen LogP contribution in [0, 0.1) is 11.3 Å². The molecule has 1 aliphatic rings. The number of hydrogen-bond donors (Lipinski definition) is 1. The van der Waals surface area contributed by atoms with Crippen LogP contribution in [0.15, 0.2) is 0 Å². The molecule has 1 aliphatic carbocycles. The van der Waals surface area contributed by atoms with E-state index in [9.17, 15) is 0 Å². The van der Waals surface area contributed by atoms with Gasteiger partial charge in [0.2, 0.25) is 0 Å². The lowest BCUT2D eigenvalue weighted by Crippen LogP contribution is -2.40. The standard InChI is InChI=1S/C14H29N/c1-11(2)10-12(3)15-13-6-8-14(4,5)9-7-13/h11-13,15H,6-10H2,1-5H3. The summed E-state index contributed by atoms with van der Waals surface area (Å²) in [5.41, 5.74) is 0.597. The molecule has 1 fully saturated rings. The normalized spacial score (nSPS) is 24.4. The maximum absolute atomic E-state index is 3.79. The third kappa shape index (κ3) is 5.01. The van der Waals surface area contributed by atoms with Crippen LogP contribution in [0.5, 0.6) is 0 Å². The van der Waals surface area contributed by atoms with Gasteiger partial charge >= 0.3 is 0 Å². The first-order valence-corrected chi connectivity index (χ1v) is 6.65. The largest absolute Gasteiger partial charge is 0.311 e. The predicted molar refractivity (Wildman–Crippen MR) is 68.1 cm³/mol. The molecule has 15 heavy (non-hydrogen) atoms. The summed E-state index contributed by atoms with van der Waals surface area (Å²) in [6.45, 7) is 11.8. The topological polar surface area (TPSA) is 12.0 Å². The molecule has 0 heterocycles. The second kappa shape index (κ2) is 5.34. The van der Waals surface area contributed by atoms with E-state index >= 15 is 0 Å². The van der Waals surface area contributed by atoms with E-state index in [1.165, 1.54) is 32.1 Å². The molecule has 0 spiro atoms. The van der Waals surface area contributed by atoms with Crippen LogP contribution in [0.1, 0.15) is 66.7 Å². The fourth-order valence-corrected chi connectivity index (χ4v) is 2.74. The van der Waals surface area contributed by atoms with Crippen molar-refractivity contribution in [1.82, 2.24) is 5.32 Å². The fourth-order valence-electron chi connectivity index (χ4n) is 2.74. The third-order valence-corrected chi connectivity index (χ3v) is 3.68. The maximum atomic E-state index is 3.79. The summed E-state index contributed by atoms with van der Waals surface area (Å²) in [6.07, 6.45) is 6.82. The Morgan fingerprint density at radius 3 is 2.13 bits per heavy atom. The zero-order valence-electron chi connectivity index (χ0n) is 11.3. The molecule has 0 radical (unpaired) electrons. The zero-order valence-corrected chi connectivity index (χ0v) is 11.3. The van der Waals surface area contributed by atoms with Crippen molar-refractivity contribution >= 4 is 0 Å². The van der Waals surface area contributed by atoms with Crippen LogP contribution in [0.3, 0.4) is 0 Å². The smallest absolute Gasteiger partial charge is 0.00699 e. The highest BCUT2D eigenvalue weighted by atomic mass is 14.9. The van der Waals surface area contributed by atoms with E-state index in [4.69, 9.17) is 0 Å². The van der Waals surface area contributed by atoms with Crippen molar-refractivity contribution in [3.63, 3.8) is 0 Å². The molecular weight excluding hydrogens is 182 g/mol. The number of nitrogens with one attached hydrogen (secondary N) is 1. The Morgan fingerprint density at radius 1 is 1.13 bits per heavy atom. The molecule has 90 valence electrons. The molecule has 0 saturated heterocycles. The minimum atomic E-state index is 0.597. The van der Waals surface area contributed by atoms with E-state index in [2.05, 4.69) is 39.9 Å². The number of hydrogen-bond acceptors (Lipinski definition) is 1. The van der Waals surface area contributed by atoms with Gasteiger partial charge in [-0.3, -0.25) is 0 Å². The molecule has 0 aromatic heterocycles. The van der Waals surface area contributed by atoms with Crippen LogP contribution >= 0.6 is 0 Å². The molecule has 0 amide bonds. The Labute approximate surface area is 96.0 Å². The summed E-state index contributed by atoms with van der Waals surface area (Å²) in [5, 5.41) is 3.79. The SMILES string of the molecule is CC(C)CC(C)NC1CCC(C)(C)CC1. The highest BCUT2D eigenvalue weighted by molar-refractivity contribution is 4.83. The molecule has 0 aromatic rings. The Hall–Kier alpha value is -0.0400. The molecule has 1 atom stereocenters. The first kappa shape index (κ1) is 13.0. The monoisotopic (exact) mass is 211 g/mol. The van der Waals surface area contributed by atoms with Gasteiger partial charge in [-0.2, -0.15) is 0 Å². The molecule has 1 unspecified atom stereocenters. The molecule has 0 bridgehead atoms. The van der Waals surface area contributed by atoms with Gasteiger partial charge in [-0.05, 0) is 50.4 Å². The predicted octanol–water partition coefficient (Wildman–Crippen LogP) is 3.98. The van der Waals surface area contributed by atoms with Crippen LogP contribution in [0.2, 0.25) is 0 Å². The lowest BCUT2D eigenvalue weighted by atomic mass is 9.75. The summed E-state index contributed by atoms with van der Waals surface area (Å²) in [6, 6.07) is 1.47. The van der Waals surface area contributed by atoms with Gasteiger partial charge in [-0.25, -0.2) is 0 Å². The van der Waals surface area contributed by atoms with Crippen LogP contribution in [0.25, 0.3) is 0 Å². The Balaban J connectivity index is 2.23. The average molecular weight is 211 g/mol. The highest BCUT2D eigenvalue weighted by Gasteiger charge is 2.27. The second-order valence-electron chi connectivity index (χ2n) is 6.64. The fraction of sp³-hybridized carbons (Fsp3) is 1.00. The van der Waals surface area contributed by atoms with Gasteiger partial charge in [0.05, 0.1) is 0 Å². The molecule has 0 aromatic carbocycles. The minimum absolute atomic E-state index is 0.597. The van der Waals surface area contributed by atoms with Crippen molar-refractivity contribution in [3.8, 4) is 0 Å². The molecule has 1 nitrogen and oxygen atoms in total. The summed E-state index contributed by atoms with van der Waals surface area (Å²) in [4.78, 5) is 0. The van der Waals surface area contributed by atoms with E-state index in [0.717, 1.165) is 12.0 Å². The second-order valence-corrected chi connectivity index (χ2v) is 6.64. The van der Waals surface area contributed by atoms with Crippen LogP contribution < -0.4 is 5.32 Å². The first-order chi connectivity index (χ1) is 6.89. The highest BCUT2D eigenvalue weighted by Crippen LogP contribution is 2.35. The van der Waals surface area contributed by atoms with Gasteiger partial charge in [-0.15, -0.1) is 0 Å². The van der Waals surface area contributed by atoms with Crippen LogP contribution in [-0.4, -0.2) is 12.1 Å². The van der Waals surface area contributed by atoms with E-state index in [-0.39, 0.29) is 0 Å².